The fourth-order valence-corrected chi connectivity index (χ4v) is 1.72. The first-order valence-electron chi connectivity index (χ1n) is 7.04. The van der Waals surface area contributed by atoms with E-state index in [-0.39, 0.29) is 0 Å². The molecule has 0 atom stereocenters. The number of aromatic nitrogens is 3. The van der Waals surface area contributed by atoms with Gasteiger partial charge in [0, 0.05) is 12.1 Å². The summed E-state index contributed by atoms with van der Waals surface area (Å²) in [5, 5.41) is 3.09. The number of benzene rings is 1. The molecule has 2 aromatic rings. The molecule has 0 saturated heterocycles. The Bertz CT molecular complexity index is 572. The van der Waals surface area contributed by atoms with E-state index >= 15 is 0 Å². The maximum Gasteiger partial charge on any atom is 0.321 e. The van der Waals surface area contributed by atoms with Gasteiger partial charge in [-0.05, 0) is 37.6 Å². The number of methoxy groups -OCH3 is 1. The number of nitrogens with one attached hydrogen (secondary N) is 1. The lowest BCUT2D eigenvalue weighted by Gasteiger charge is -2.08. The van der Waals surface area contributed by atoms with Gasteiger partial charge in [0.2, 0.25) is 5.95 Å². The van der Waals surface area contributed by atoms with Gasteiger partial charge in [0.05, 0.1) is 13.7 Å². The Kier molecular flexibility index (Phi) is 5.31. The highest BCUT2D eigenvalue weighted by Gasteiger charge is 2.09. The summed E-state index contributed by atoms with van der Waals surface area (Å²) in [6.45, 7) is 5.34. The molecule has 1 aromatic carbocycles. The minimum Gasteiger partial charge on any atom is -0.497 e. The monoisotopic (exact) mass is 288 g/mol. The van der Waals surface area contributed by atoms with Crippen LogP contribution in [-0.2, 0) is 0 Å². The zero-order chi connectivity index (χ0) is 15.1. The molecule has 112 valence electrons. The van der Waals surface area contributed by atoms with Crippen LogP contribution in [0.15, 0.2) is 24.3 Å². The smallest absolute Gasteiger partial charge is 0.321 e. The molecule has 6 nitrogen and oxygen atoms in total. The summed E-state index contributed by atoms with van der Waals surface area (Å²) in [5.74, 6) is 1.89. The van der Waals surface area contributed by atoms with Crippen LogP contribution in [0.1, 0.15) is 20.3 Å². The number of rotatable bonds is 7. The summed E-state index contributed by atoms with van der Waals surface area (Å²) < 4.78 is 10.7. The van der Waals surface area contributed by atoms with E-state index in [1.807, 2.05) is 38.1 Å². The van der Waals surface area contributed by atoms with Crippen LogP contribution in [-0.4, -0.2) is 35.2 Å². The largest absolute Gasteiger partial charge is 0.497 e. The van der Waals surface area contributed by atoms with E-state index < -0.39 is 0 Å². The Morgan fingerprint density at radius 2 is 1.81 bits per heavy atom. The van der Waals surface area contributed by atoms with Gasteiger partial charge in [-0.1, -0.05) is 6.92 Å². The van der Waals surface area contributed by atoms with Gasteiger partial charge >= 0.3 is 6.01 Å². The molecule has 0 aliphatic carbocycles. The Hall–Kier alpha value is -2.37. The van der Waals surface area contributed by atoms with E-state index in [9.17, 15) is 0 Å². The molecule has 2 rings (SSSR count). The molecule has 0 aliphatic rings. The molecule has 1 heterocycles. The summed E-state index contributed by atoms with van der Waals surface area (Å²) in [6.07, 6.45) is 0.903. The van der Waals surface area contributed by atoms with Gasteiger partial charge in [0.15, 0.2) is 5.82 Å². The third-order valence-corrected chi connectivity index (χ3v) is 2.73. The van der Waals surface area contributed by atoms with Crippen LogP contribution in [0, 0.1) is 0 Å². The summed E-state index contributed by atoms with van der Waals surface area (Å²) >= 11 is 0. The van der Waals surface area contributed by atoms with Crippen LogP contribution in [0.4, 0.5) is 5.95 Å². The van der Waals surface area contributed by atoms with Crippen molar-refractivity contribution in [1.29, 1.82) is 0 Å². The third-order valence-electron chi connectivity index (χ3n) is 2.73. The summed E-state index contributed by atoms with van der Waals surface area (Å²) in [7, 11) is 1.64. The third kappa shape index (κ3) is 4.05. The van der Waals surface area contributed by atoms with Crippen molar-refractivity contribution in [2.45, 2.75) is 20.3 Å². The minimum absolute atomic E-state index is 0.341. The van der Waals surface area contributed by atoms with Gasteiger partial charge in [-0.2, -0.15) is 15.0 Å². The second kappa shape index (κ2) is 7.42. The van der Waals surface area contributed by atoms with Crippen LogP contribution in [0.2, 0.25) is 0 Å². The van der Waals surface area contributed by atoms with Crippen LogP contribution in [0.5, 0.6) is 11.8 Å². The zero-order valence-electron chi connectivity index (χ0n) is 12.6. The predicted octanol–water partition coefficient (Wildman–Crippen LogP) is 2.77. The van der Waals surface area contributed by atoms with Crippen molar-refractivity contribution in [3.05, 3.63) is 24.3 Å². The van der Waals surface area contributed by atoms with E-state index in [0.29, 0.717) is 24.4 Å². The highest BCUT2D eigenvalue weighted by Crippen LogP contribution is 2.21. The van der Waals surface area contributed by atoms with E-state index in [4.69, 9.17) is 9.47 Å². The lowest BCUT2D eigenvalue weighted by molar-refractivity contribution is 0.292. The standard InChI is InChI=1S/C15H20N4O2/c1-4-10-21-15-18-13(17-14(19-15)16-5-2)11-6-8-12(20-3)9-7-11/h6-9H,4-5,10H2,1-3H3,(H,16,17,18,19). The highest BCUT2D eigenvalue weighted by molar-refractivity contribution is 5.57. The van der Waals surface area contributed by atoms with Gasteiger partial charge in [-0.3, -0.25) is 0 Å². The molecular formula is C15H20N4O2. The molecule has 0 unspecified atom stereocenters. The first-order valence-corrected chi connectivity index (χ1v) is 7.04. The van der Waals surface area contributed by atoms with Gasteiger partial charge in [-0.25, -0.2) is 0 Å². The molecule has 0 radical (unpaired) electrons. The Labute approximate surface area is 124 Å². The summed E-state index contributed by atoms with van der Waals surface area (Å²) in [4.78, 5) is 13.0. The molecule has 21 heavy (non-hydrogen) atoms. The molecule has 0 saturated carbocycles. The van der Waals surface area contributed by atoms with Crippen LogP contribution in [0.3, 0.4) is 0 Å². The predicted molar refractivity (Wildman–Crippen MR) is 81.8 cm³/mol. The van der Waals surface area contributed by atoms with Crippen molar-refractivity contribution in [1.82, 2.24) is 15.0 Å². The van der Waals surface area contributed by atoms with E-state index in [2.05, 4.69) is 20.3 Å². The van der Waals surface area contributed by atoms with Crippen molar-refractivity contribution in [2.24, 2.45) is 0 Å². The Morgan fingerprint density at radius 3 is 2.43 bits per heavy atom. The Morgan fingerprint density at radius 1 is 1.05 bits per heavy atom. The lowest BCUT2D eigenvalue weighted by Crippen LogP contribution is -2.08. The normalized spacial score (nSPS) is 10.2. The van der Waals surface area contributed by atoms with Crippen LogP contribution >= 0.6 is 0 Å². The average molecular weight is 288 g/mol. The molecule has 0 aliphatic heterocycles. The topological polar surface area (TPSA) is 69.2 Å². The molecule has 0 fully saturated rings. The fourth-order valence-electron chi connectivity index (χ4n) is 1.72. The first-order chi connectivity index (χ1) is 10.3. The number of hydrogen-bond donors (Lipinski definition) is 1. The molecule has 0 spiro atoms. The molecular weight excluding hydrogens is 268 g/mol. The van der Waals surface area contributed by atoms with Crippen LogP contribution < -0.4 is 14.8 Å². The van der Waals surface area contributed by atoms with Crippen molar-refractivity contribution >= 4 is 5.95 Å². The molecule has 0 bridgehead atoms. The highest BCUT2D eigenvalue weighted by atomic mass is 16.5. The number of anilines is 1. The van der Waals surface area contributed by atoms with E-state index in [1.165, 1.54) is 0 Å². The fraction of sp³-hybridized carbons (Fsp3) is 0.400. The number of ether oxygens (including phenoxy) is 2. The van der Waals surface area contributed by atoms with E-state index in [0.717, 1.165) is 24.3 Å². The second-order valence-corrected chi connectivity index (χ2v) is 4.37. The maximum absolute atomic E-state index is 5.52. The number of hydrogen-bond acceptors (Lipinski definition) is 6. The first kappa shape index (κ1) is 15.0. The molecule has 1 N–H and O–H groups in total. The zero-order valence-corrected chi connectivity index (χ0v) is 12.6. The maximum atomic E-state index is 5.52. The molecule has 6 heteroatoms. The van der Waals surface area contributed by atoms with Crippen molar-refractivity contribution < 1.29 is 9.47 Å². The average Bonchev–Trinajstić information content (AvgIpc) is 2.53. The summed E-state index contributed by atoms with van der Waals surface area (Å²) in [6, 6.07) is 7.91. The second-order valence-electron chi connectivity index (χ2n) is 4.37. The SMILES string of the molecule is CCCOc1nc(NCC)nc(-c2ccc(OC)cc2)n1. The summed E-state index contributed by atoms with van der Waals surface area (Å²) in [5.41, 5.74) is 0.888. The van der Waals surface area contributed by atoms with Crippen molar-refractivity contribution in [3.63, 3.8) is 0 Å². The quantitative estimate of drug-likeness (QED) is 0.845. The molecule has 0 amide bonds. The van der Waals surface area contributed by atoms with Crippen molar-refractivity contribution in [3.8, 4) is 23.1 Å². The van der Waals surface area contributed by atoms with Crippen LogP contribution in [0.25, 0.3) is 11.4 Å². The number of nitrogens with zero attached hydrogens (tertiary/aromatic N) is 3. The van der Waals surface area contributed by atoms with Gasteiger partial charge in [0.25, 0.3) is 0 Å². The van der Waals surface area contributed by atoms with Gasteiger partial charge < -0.3 is 14.8 Å². The van der Waals surface area contributed by atoms with Crippen molar-refractivity contribution in [2.75, 3.05) is 25.6 Å². The molecule has 1 aromatic heterocycles. The minimum atomic E-state index is 0.341. The van der Waals surface area contributed by atoms with Gasteiger partial charge in [-0.15, -0.1) is 0 Å². The lowest BCUT2D eigenvalue weighted by atomic mass is 10.2. The van der Waals surface area contributed by atoms with Gasteiger partial charge in [0.1, 0.15) is 5.75 Å². The van der Waals surface area contributed by atoms with E-state index in [1.54, 1.807) is 7.11 Å². The Balaban J connectivity index is 2.32.